The van der Waals surface area contributed by atoms with E-state index in [2.05, 4.69) is 35.8 Å². The number of halogens is 1. The Bertz CT molecular complexity index is 1300. The van der Waals surface area contributed by atoms with Gasteiger partial charge in [0.05, 0.1) is 27.0 Å². The SMILES string of the molecule is CC1CC=C(c2ccc3c(c2)C2(CCCCC2)c2nc(=O)c4c(Cl)cccc4n2-3)CC1. The first-order chi connectivity index (χ1) is 15.1. The number of hydrogen-bond donors (Lipinski definition) is 0. The Morgan fingerprint density at radius 1 is 1.13 bits per heavy atom. The molecule has 1 unspecified atom stereocenters. The molecule has 2 heterocycles. The highest BCUT2D eigenvalue weighted by molar-refractivity contribution is 6.35. The summed E-state index contributed by atoms with van der Waals surface area (Å²) in [4.78, 5) is 17.8. The molecule has 6 rings (SSSR count). The van der Waals surface area contributed by atoms with E-state index < -0.39 is 0 Å². The molecule has 0 amide bonds. The number of benzene rings is 2. The lowest BCUT2D eigenvalue weighted by Gasteiger charge is -2.34. The predicted octanol–water partition coefficient (Wildman–Crippen LogP) is 6.81. The first kappa shape index (κ1) is 19.3. The molecule has 3 nitrogen and oxygen atoms in total. The Balaban J connectivity index is 1.63. The molecule has 0 saturated heterocycles. The molecule has 3 aromatic rings. The highest BCUT2D eigenvalue weighted by Crippen LogP contribution is 2.52. The summed E-state index contributed by atoms with van der Waals surface area (Å²) in [6.07, 6.45) is 11.7. The van der Waals surface area contributed by atoms with Gasteiger partial charge in [-0.3, -0.25) is 9.36 Å². The maximum atomic E-state index is 13.1. The monoisotopic (exact) mass is 430 g/mol. The fraction of sp³-hybridized carbons (Fsp3) is 0.407. The smallest absolute Gasteiger partial charge is 0.282 e. The van der Waals surface area contributed by atoms with Crippen molar-refractivity contribution in [2.75, 3.05) is 0 Å². The van der Waals surface area contributed by atoms with Crippen LogP contribution in [0.2, 0.25) is 5.02 Å². The second-order valence-corrected chi connectivity index (χ2v) is 10.1. The van der Waals surface area contributed by atoms with Crippen LogP contribution < -0.4 is 5.56 Å². The molecule has 1 spiro atoms. The van der Waals surface area contributed by atoms with E-state index in [1.54, 1.807) is 6.07 Å². The van der Waals surface area contributed by atoms with Crippen LogP contribution >= 0.6 is 11.6 Å². The first-order valence-electron chi connectivity index (χ1n) is 11.6. The molecule has 1 saturated carbocycles. The van der Waals surface area contributed by atoms with Crippen molar-refractivity contribution in [3.05, 3.63) is 74.8 Å². The van der Waals surface area contributed by atoms with Gasteiger partial charge in [0.2, 0.25) is 0 Å². The topological polar surface area (TPSA) is 34.9 Å². The third kappa shape index (κ3) is 2.79. The van der Waals surface area contributed by atoms with Gasteiger partial charge in [0.1, 0.15) is 5.82 Å². The van der Waals surface area contributed by atoms with Crippen LogP contribution in [0, 0.1) is 5.92 Å². The van der Waals surface area contributed by atoms with Gasteiger partial charge in [-0.25, -0.2) is 0 Å². The van der Waals surface area contributed by atoms with Crippen molar-refractivity contribution in [2.24, 2.45) is 5.92 Å². The summed E-state index contributed by atoms with van der Waals surface area (Å²) in [5.41, 5.74) is 5.85. The number of fused-ring (bicyclic) bond motifs is 7. The van der Waals surface area contributed by atoms with Gasteiger partial charge in [-0.1, -0.05) is 56.0 Å². The summed E-state index contributed by atoms with van der Waals surface area (Å²) < 4.78 is 2.23. The number of nitrogens with zero attached hydrogens (tertiary/aromatic N) is 2. The molecule has 31 heavy (non-hydrogen) atoms. The lowest BCUT2D eigenvalue weighted by atomic mass is 9.69. The molecule has 1 aliphatic heterocycles. The van der Waals surface area contributed by atoms with E-state index >= 15 is 0 Å². The molecule has 158 valence electrons. The van der Waals surface area contributed by atoms with Gasteiger partial charge < -0.3 is 0 Å². The van der Waals surface area contributed by atoms with E-state index in [0.29, 0.717) is 10.4 Å². The normalized spacial score (nSPS) is 21.7. The molecule has 0 bridgehead atoms. The summed E-state index contributed by atoms with van der Waals surface area (Å²) in [6.45, 7) is 2.34. The first-order valence-corrected chi connectivity index (χ1v) is 12.0. The van der Waals surface area contributed by atoms with Gasteiger partial charge in [-0.15, -0.1) is 0 Å². The Hall–Kier alpha value is -2.39. The summed E-state index contributed by atoms with van der Waals surface area (Å²) >= 11 is 6.45. The zero-order valence-electron chi connectivity index (χ0n) is 18.0. The Labute approximate surface area is 187 Å². The standard InChI is InChI=1S/C27H27ClN2O/c1-17-8-10-18(11-9-17)19-12-13-22-20(16-19)27(14-3-2-4-15-27)26-29-25(31)24-21(28)6-5-7-23(24)30(22)26/h5-7,10,12-13,16-17H,2-4,8-9,11,14-15H2,1H3. The van der Waals surface area contributed by atoms with Crippen LogP contribution in [0.4, 0.5) is 0 Å². The van der Waals surface area contributed by atoms with Crippen LogP contribution in [0.25, 0.3) is 22.2 Å². The van der Waals surface area contributed by atoms with E-state index in [1.807, 2.05) is 12.1 Å². The molecule has 1 fully saturated rings. The second kappa shape index (κ2) is 7.06. The van der Waals surface area contributed by atoms with Crippen LogP contribution in [-0.4, -0.2) is 9.55 Å². The van der Waals surface area contributed by atoms with Crippen molar-refractivity contribution in [2.45, 2.75) is 63.7 Å². The lowest BCUT2D eigenvalue weighted by Crippen LogP contribution is -2.32. The van der Waals surface area contributed by atoms with Crippen molar-refractivity contribution in [3.8, 4) is 5.69 Å². The summed E-state index contributed by atoms with van der Waals surface area (Å²) in [5.74, 6) is 1.70. The minimum Gasteiger partial charge on any atom is -0.296 e. The number of allylic oxidation sites excluding steroid dienone is 2. The van der Waals surface area contributed by atoms with Gasteiger partial charge in [-0.05, 0) is 79.0 Å². The minimum absolute atomic E-state index is 0.165. The fourth-order valence-electron chi connectivity index (χ4n) is 6.10. The van der Waals surface area contributed by atoms with Crippen LogP contribution in [-0.2, 0) is 5.41 Å². The molecule has 2 aliphatic carbocycles. The van der Waals surface area contributed by atoms with Gasteiger partial charge in [0.15, 0.2) is 0 Å². The zero-order valence-corrected chi connectivity index (χ0v) is 18.7. The third-order valence-electron chi connectivity index (χ3n) is 7.80. The van der Waals surface area contributed by atoms with E-state index in [9.17, 15) is 4.79 Å². The molecule has 4 heteroatoms. The van der Waals surface area contributed by atoms with Gasteiger partial charge >= 0.3 is 0 Å². The highest BCUT2D eigenvalue weighted by Gasteiger charge is 2.46. The summed E-state index contributed by atoms with van der Waals surface area (Å²) in [5, 5.41) is 1.01. The second-order valence-electron chi connectivity index (χ2n) is 9.69. The zero-order chi connectivity index (χ0) is 21.2. The molecule has 1 atom stereocenters. The van der Waals surface area contributed by atoms with E-state index in [4.69, 9.17) is 16.6 Å². The molecule has 1 aromatic heterocycles. The van der Waals surface area contributed by atoms with Gasteiger partial charge in [-0.2, -0.15) is 4.98 Å². The Kier molecular flexibility index (Phi) is 4.40. The van der Waals surface area contributed by atoms with Crippen molar-refractivity contribution >= 4 is 28.1 Å². The fourth-order valence-corrected chi connectivity index (χ4v) is 6.35. The predicted molar refractivity (Wildman–Crippen MR) is 127 cm³/mol. The average molecular weight is 431 g/mol. The largest absolute Gasteiger partial charge is 0.296 e. The maximum absolute atomic E-state index is 13.1. The third-order valence-corrected chi connectivity index (χ3v) is 8.11. The molecule has 3 aliphatic rings. The van der Waals surface area contributed by atoms with Crippen molar-refractivity contribution < 1.29 is 0 Å². The van der Waals surface area contributed by atoms with Crippen LogP contribution in [0.3, 0.4) is 0 Å². The lowest BCUT2D eigenvalue weighted by molar-refractivity contribution is 0.338. The molecule has 2 aromatic carbocycles. The Morgan fingerprint density at radius 3 is 2.74 bits per heavy atom. The minimum atomic E-state index is -0.200. The number of rotatable bonds is 1. The number of aromatic nitrogens is 2. The molecular weight excluding hydrogens is 404 g/mol. The van der Waals surface area contributed by atoms with Crippen LogP contribution in [0.5, 0.6) is 0 Å². The summed E-state index contributed by atoms with van der Waals surface area (Å²) in [7, 11) is 0. The summed E-state index contributed by atoms with van der Waals surface area (Å²) in [6, 6.07) is 12.7. The maximum Gasteiger partial charge on any atom is 0.282 e. The molecule has 0 radical (unpaired) electrons. The van der Waals surface area contributed by atoms with E-state index in [1.165, 1.54) is 48.1 Å². The average Bonchev–Trinajstić information content (AvgIpc) is 3.04. The van der Waals surface area contributed by atoms with Gasteiger partial charge in [0.25, 0.3) is 5.56 Å². The Morgan fingerprint density at radius 2 is 1.97 bits per heavy atom. The van der Waals surface area contributed by atoms with Crippen LogP contribution in [0.1, 0.15) is 75.2 Å². The van der Waals surface area contributed by atoms with Crippen molar-refractivity contribution in [1.82, 2.24) is 9.55 Å². The van der Waals surface area contributed by atoms with Gasteiger partial charge in [0, 0.05) is 0 Å². The van der Waals surface area contributed by atoms with Crippen LogP contribution in [0.15, 0.2) is 47.3 Å². The molecular formula is C27H27ClN2O. The highest BCUT2D eigenvalue weighted by atomic mass is 35.5. The van der Waals surface area contributed by atoms with E-state index in [-0.39, 0.29) is 11.0 Å². The van der Waals surface area contributed by atoms with Crippen molar-refractivity contribution in [1.29, 1.82) is 0 Å². The van der Waals surface area contributed by atoms with Crippen molar-refractivity contribution in [3.63, 3.8) is 0 Å². The van der Waals surface area contributed by atoms with E-state index in [0.717, 1.165) is 42.9 Å². The number of hydrogen-bond acceptors (Lipinski definition) is 2. The quantitative estimate of drug-likeness (QED) is 0.425. The molecule has 0 N–H and O–H groups in total.